The topological polar surface area (TPSA) is 88.7 Å². The van der Waals surface area contributed by atoms with Crippen LogP contribution in [0.5, 0.6) is 11.5 Å². The van der Waals surface area contributed by atoms with Gasteiger partial charge in [0.1, 0.15) is 11.5 Å². The maximum atomic E-state index is 12.2. The first-order chi connectivity index (χ1) is 13.7. The summed E-state index contributed by atoms with van der Waals surface area (Å²) in [7, 11) is 1.55. The lowest BCUT2D eigenvalue weighted by Crippen LogP contribution is -2.48. The van der Waals surface area contributed by atoms with Gasteiger partial charge in [-0.3, -0.25) is 20.4 Å². The van der Waals surface area contributed by atoms with E-state index in [0.29, 0.717) is 17.2 Å². The Kier molecular flexibility index (Phi) is 7.47. The van der Waals surface area contributed by atoms with Crippen molar-refractivity contribution in [2.24, 2.45) is 0 Å². The van der Waals surface area contributed by atoms with Crippen LogP contribution in [0, 0.1) is 0 Å². The molecule has 7 heteroatoms. The van der Waals surface area contributed by atoms with E-state index in [4.69, 9.17) is 9.47 Å². The van der Waals surface area contributed by atoms with Crippen molar-refractivity contribution in [2.75, 3.05) is 19.0 Å². The number of rotatable bonds is 7. The first kappa shape index (κ1) is 22.1. The van der Waals surface area contributed by atoms with E-state index in [1.54, 1.807) is 32.2 Å². The number of carbonyl (C=O) groups is 2. The van der Waals surface area contributed by atoms with Gasteiger partial charge in [-0.2, -0.15) is 0 Å². The minimum absolute atomic E-state index is 0.0206. The fraction of sp³-hybridized carbons (Fsp3) is 0.364. The van der Waals surface area contributed by atoms with Crippen molar-refractivity contribution in [1.82, 2.24) is 10.9 Å². The number of amides is 2. The monoisotopic (exact) mass is 399 g/mol. The molecule has 0 aliphatic rings. The maximum Gasteiger partial charge on any atom is 0.279 e. The highest BCUT2D eigenvalue weighted by Crippen LogP contribution is 2.26. The van der Waals surface area contributed by atoms with Crippen LogP contribution in [0.4, 0.5) is 5.69 Å². The summed E-state index contributed by atoms with van der Waals surface area (Å²) < 4.78 is 10.9. The normalized spacial score (nSPS) is 11.9. The molecule has 2 aromatic rings. The second-order valence-corrected chi connectivity index (χ2v) is 7.63. The van der Waals surface area contributed by atoms with Gasteiger partial charge in [0.05, 0.1) is 19.3 Å². The summed E-state index contributed by atoms with van der Waals surface area (Å²) in [5.74, 6) is 0.385. The van der Waals surface area contributed by atoms with Gasteiger partial charge in [0.15, 0.2) is 6.10 Å². The zero-order valence-electron chi connectivity index (χ0n) is 17.5. The van der Waals surface area contributed by atoms with Gasteiger partial charge < -0.3 is 14.8 Å². The Labute approximate surface area is 171 Å². The number of para-hydroxylation sites is 2. The fourth-order valence-electron chi connectivity index (χ4n) is 2.54. The quantitative estimate of drug-likeness (QED) is 0.623. The average Bonchev–Trinajstić information content (AvgIpc) is 2.70. The second-order valence-electron chi connectivity index (χ2n) is 7.63. The van der Waals surface area contributed by atoms with E-state index in [1.807, 2.05) is 30.3 Å². The van der Waals surface area contributed by atoms with Crippen molar-refractivity contribution in [3.05, 3.63) is 54.1 Å². The van der Waals surface area contributed by atoms with Gasteiger partial charge in [-0.1, -0.05) is 45.0 Å². The molecule has 0 aliphatic carbocycles. The molecule has 0 bridgehead atoms. The van der Waals surface area contributed by atoms with E-state index in [2.05, 4.69) is 36.9 Å². The van der Waals surface area contributed by atoms with Crippen molar-refractivity contribution < 1.29 is 19.1 Å². The van der Waals surface area contributed by atoms with Crippen LogP contribution < -0.4 is 25.6 Å². The van der Waals surface area contributed by atoms with E-state index in [9.17, 15) is 9.59 Å². The summed E-state index contributed by atoms with van der Waals surface area (Å²) in [6, 6.07) is 14.9. The lowest BCUT2D eigenvalue weighted by Gasteiger charge is -2.21. The summed E-state index contributed by atoms with van der Waals surface area (Å²) >= 11 is 0. The molecule has 2 aromatic carbocycles. The van der Waals surface area contributed by atoms with Gasteiger partial charge in [-0.25, -0.2) is 0 Å². The molecule has 0 radical (unpaired) electrons. The molecule has 0 aromatic heterocycles. The van der Waals surface area contributed by atoms with Crippen LogP contribution >= 0.6 is 0 Å². The van der Waals surface area contributed by atoms with Gasteiger partial charge in [0, 0.05) is 0 Å². The lowest BCUT2D eigenvalue weighted by molar-refractivity contribution is -0.132. The Balaban J connectivity index is 1.81. The fourth-order valence-corrected chi connectivity index (χ4v) is 2.54. The van der Waals surface area contributed by atoms with E-state index in [-0.39, 0.29) is 12.0 Å². The van der Waals surface area contributed by atoms with Crippen LogP contribution in [-0.2, 0) is 15.0 Å². The minimum Gasteiger partial charge on any atom is -0.495 e. The molecule has 2 rings (SSSR count). The van der Waals surface area contributed by atoms with Crippen LogP contribution in [0.2, 0.25) is 0 Å². The molecule has 3 N–H and O–H groups in total. The molecule has 1 unspecified atom stereocenters. The summed E-state index contributed by atoms with van der Waals surface area (Å²) in [5.41, 5.74) is 6.52. The molecule has 0 aliphatic heterocycles. The third-order valence-electron chi connectivity index (χ3n) is 4.25. The average molecular weight is 399 g/mol. The summed E-state index contributed by atoms with van der Waals surface area (Å²) in [5, 5.41) is 2.96. The number of ether oxygens (including phenoxy) is 2. The Morgan fingerprint density at radius 2 is 1.76 bits per heavy atom. The van der Waals surface area contributed by atoms with Crippen LogP contribution in [0.15, 0.2) is 48.5 Å². The van der Waals surface area contributed by atoms with Gasteiger partial charge in [0.2, 0.25) is 0 Å². The predicted octanol–water partition coefficient (Wildman–Crippen LogP) is 3.02. The third kappa shape index (κ3) is 6.71. The first-order valence-electron chi connectivity index (χ1n) is 9.43. The number of hydrazine groups is 1. The van der Waals surface area contributed by atoms with E-state index < -0.39 is 17.9 Å². The highest BCUT2D eigenvalue weighted by molar-refractivity contribution is 5.86. The molecule has 7 nitrogen and oxygen atoms in total. The molecule has 1 atom stereocenters. The number of carbonyl (C=O) groups excluding carboxylic acids is 2. The van der Waals surface area contributed by atoms with Crippen molar-refractivity contribution in [3.63, 3.8) is 0 Å². The molecule has 0 fully saturated rings. The minimum atomic E-state index is -0.771. The van der Waals surface area contributed by atoms with Gasteiger partial charge in [-0.05, 0) is 42.2 Å². The largest absolute Gasteiger partial charge is 0.495 e. The molecular formula is C22H29N3O4. The number of hydrogen-bond acceptors (Lipinski definition) is 5. The smallest absolute Gasteiger partial charge is 0.279 e. The Morgan fingerprint density at radius 1 is 1.03 bits per heavy atom. The Hall–Kier alpha value is -3.22. The van der Waals surface area contributed by atoms with Crippen molar-refractivity contribution >= 4 is 17.5 Å². The van der Waals surface area contributed by atoms with E-state index >= 15 is 0 Å². The second kappa shape index (κ2) is 9.82. The van der Waals surface area contributed by atoms with E-state index in [1.165, 1.54) is 0 Å². The van der Waals surface area contributed by atoms with Crippen LogP contribution in [0.25, 0.3) is 0 Å². The predicted molar refractivity (Wildman–Crippen MR) is 113 cm³/mol. The van der Waals surface area contributed by atoms with Crippen molar-refractivity contribution in [1.29, 1.82) is 0 Å². The highest BCUT2D eigenvalue weighted by Gasteiger charge is 2.18. The Morgan fingerprint density at radius 3 is 2.45 bits per heavy atom. The third-order valence-corrected chi connectivity index (χ3v) is 4.25. The molecule has 29 heavy (non-hydrogen) atoms. The zero-order chi connectivity index (χ0) is 21.4. The van der Waals surface area contributed by atoms with Crippen LogP contribution in [0.3, 0.4) is 0 Å². The maximum absolute atomic E-state index is 12.2. The van der Waals surface area contributed by atoms with Crippen molar-refractivity contribution in [3.8, 4) is 11.5 Å². The first-order valence-corrected chi connectivity index (χ1v) is 9.43. The number of benzene rings is 2. The number of nitrogens with one attached hydrogen (secondary N) is 3. The van der Waals surface area contributed by atoms with Gasteiger partial charge in [0.25, 0.3) is 11.8 Å². The standard InChI is InChI=1S/C22H29N3O4/c1-15(29-17-10-8-9-16(13-17)22(2,3)4)21(27)25-24-20(26)14-23-18-11-6-7-12-19(18)28-5/h6-13,15,23H,14H2,1-5H3,(H,24,26)(H,25,27). The highest BCUT2D eigenvalue weighted by atomic mass is 16.5. The van der Waals surface area contributed by atoms with E-state index in [0.717, 1.165) is 5.56 Å². The van der Waals surface area contributed by atoms with Crippen molar-refractivity contribution in [2.45, 2.75) is 39.2 Å². The summed E-state index contributed by atoms with van der Waals surface area (Å²) in [4.78, 5) is 24.2. The van der Waals surface area contributed by atoms with Crippen LogP contribution in [-0.4, -0.2) is 31.6 Å². The SMILES string of the molecule is COc1ccccc1NCC(=O)NNC(=O)C(C)Oc1cccc(C(C)(C)C)c1. The zero-order valence-corrected chi connectivity index (χ0v) is 17.5. The molecule has 0 spiro atoms. The molecular weight excluding hydrogens is 370 g/mol. The molecule has 0 saturated heterocycles. The Bertz CT molecular complexity index is 846. The van der Waals surface area contributed by atoms with Gasteiger partial charge >= 0.3 is 0 Å². The lowest BCUT2D eigenvalue weighted by atomic mass is 9.87. The summed E-state index contributed by atoms with van der Waals surface area (Å²) in [6.45, 7) is 7.92. The molecule has 2 amide bonds. The molecule has 0 saturated carbocycles. The summed E-state index contributed by atoms with van der Waals surface area (Å²) in [6.07, 6.45) is -0.771. The van der Waals surface area contributed by atoms with Crippen LogP contribution in [0.1, 0.15) is 33.3 Å². The van der Waals surface area contributed by atoms with Gasteiger partial charge in [-0.15, -0.1) is 0 Å². The number of anilines is 1. The number of methoxy groups -OCH3 is 1. The molecule has 0 heterocycles. The molecule has 156 valence electrons. The number of hydrogen-bond donors (Lipinski definition) is 3.